The number of rotatable bonds is 13. The Morgan fingerprint density at radius 1 is 1.04 bits per heavy atom. The molecule has 0 radical (unpaired) electrons. The van der Waals surface area contributed by atoms with E-state index < -0.39 is 51.1 Å². The molecule has 0 saturated heterocycles. The van der Waals surface area contributed by atoms with Gasteiger partial charge in [-0.05, 0) is 92.0 Å². The normalized spacial score (nSPS) is 15.0. The number of aliphatic carboxylic acids is 1. The molecule has 3 N–H and O–H groups in total. The first-order valence-corrected chi connectivity index (χ1v) is 16.1. The Morgan fingerprint density at radius 2 is 1.69 bits per heavy atom. The van der Waals surface area contributed by atoms with Crippen LogP contribution in [0.25, 0.3) is 11.1 Å². The highest BCUT2D eigenvalue weighted by atomic mass is 32.2. The number of sulfonamides is 1. The Hall–Kier alpha value is -3.32. The highest BCUT2D eigenvalue weighted by Gasteiger charge is 2.39. The highest BCUT2D eigenvalue weighted by molar-refractivity contribution is 7.89. The van der Waals surface area contributed by atoms with E-state index in [2.05, 4.69) is 17.4 Å². The fourth-order valence-corrected chi connectivity index (χ4v) is 7.35. The summed E-state index contributed by atoms with van der Waals surface area (Å²) in [7, 11) is -3.62. The third kappa shape index (κ3) is 8.69. The number of halogens is 4. The molecule has 45 heavy (non-hydrogen) atoms. The summed E-state index contributed by atoms with van der Waals surface area (Å²) >= 11 is 0. The number of aliphatic hydroxyl groups excluding tert-OH is 1. The molecule has 0 fully saturated rings. The molecule has 0 spiro atoms. The van der Waals surface area contributed by atoms with Crippen LogP contribution in [0.1, 0.15) is 48.9 Å². The van der Waals surface area contributed by atoms with Gasteiger partial charge in [0.15, 0.2) is 0 Å². The van der Waals surface area contributed by atoms with Crippen molar-refractivity contribution in [3.05, 3.63) is 88.7 Å². The topological polar surface area (TPSA) is 107 Å². The molecule has 0 aliphatic heterocycles. The van der Waals surface area contributed by atoms with Crippen molar-refractivity contribution in [2.24, 2.45) is 5.92 Å². The van der Waals surface area contributed by atoms with E-state index in [4.69, 9.17) is 5.11 Å². The predicted octanol–water partition coefficient (Wildman–Crippen LogP) is 5.68. The molecular weight excluding hydrogens is 612 g/mol. The lowest BCUT2D eigenvalue weighted by atomic mass is 9.88. The number of β-amino-alcohol motifs (C(OH)–C–C–N with tert-alkyl or cyclic N) is 1. The highest BCUT2D eigenvalue weighted by Crippen LogP contribution is 2.39. The summed E-state index contributed by atoms with van der Waals surface area (Å²) in [4.78, 5) is 9.88. The fourth-order valence-electron chi connectivity index (χ4n) is 5.95. The van der Waals surface area contributed by atoms with Gasteiger partial charge in [-0.25, -0.2) is 12.8 Å². The second-order valence-corrected chi connectivity index (χ2v) is 14.4. The summed E-state index contributed by atoms with van der Waals surface area (Å²) in [5, 5.41) is 22.9. The summed E-state index contributed by atoms with van der Waals surface area (Å²) in [6.45, 7) is 3.55. The van der Waals surface area contributed by atoms with E-state index in [1.807, 2.05) is 26.0 Å². The van der Waals surface area contributed by atoms with Crippen LogP contribution in [0.3, 0.4) is 0 Å². The Bertz CT molecular complexity index is 1620. The van der Waals surface area contributed by atoms with Crippen molar-refractivity contribution in [3.63, 3.8) is 0 Å². The third-order valence-corrected chi connectivity index (χ3v) is 10.0. The van der Waals surface area contributed by atoms with Crippen molar-refractivity contribution in [1.29, 1.82) is 0 Å². The van der Waals surface area contributed by atoms with Gasteiger partial charge < -0.3 is 15.5 Å². The summed E-state index contributed by atoms with van der Waals surface area (Å²) in [5.74, 6) is -1.51. The van der Waals surface area contributed by atoms with Crippen LogP contribution in [0.2, 0.25) is 0 Å². The van der Waals surface area contributed by atoms with Gasteiger partial charge in [0.05, 0.1) is 16.6 Å². The first kappa shape index (κ1) is 34.6. The van der Waals surface area contributed by atoms with Crippen LogP contribution in [0.4, 0.5) is 17.6 Å². The number of aliphatic hydroxyl groups is 1. The van der Waals surface area contributed by atoms with Gasteiger partial charge in [0.2, 0.25) is 10.0 Å². The average Bonchev–Trinajstić information content (AvgIpc) is 3.36. The van der Waals surface area contributed by atoms with Crippen molar-refractivity contribution in [2.75, 3.05) is 20.1 Å². The number of likely N-dealkylation sites (N-methyl/N-ethyl adjacent to an activating group) is 1. The van der Waals surface area contributed by atoms with Crippen LogP contribution in [0, 0.1) is 11.7 Å². The number of hydrogen-bond acceptors (Lipinski definition) is 5. The molecule has 1 atom stereocenters. The number of carbonyl (C=O) groups is 1. The lowest BCUT2D eigenvalue weighted by molar-refractivity contribution is -0.140. The zero-order valence-corrected chi connectivity index (χ0v) is 26.2. The number of fused-ring (bicyclic) bond motifs is 1. The molecule has 3 aromatic carbocycles. The molecule has 4 rings (SSSR count). The number of hydrogen-bond donors (Lipinski definition) is 3. The van der Waals surface area contributed by atoms with Crippen molar-refractivity contribution in [1.82, 2.24) is 9.62 Å². The Balaban J connectivity index is 1.46. The zero-order chi connectivity index (χ0) is 33.2. The lowest BCUT2D eigenvalue weighted by Crippen LogP contribution is -2.47. The van der Waals surface area contributed by atoms with E-state index in [0.717, 1.165) is 44.5 Å². The average molecular weight is 651 g/mol. The second kappa shape index (κ2) is 13.6. The van der Waals surface area contributed by atoms with Gasteiger partial charge in [0, 0.05) is 37.7 Å². The third-order valence-electron chi connectivity index (χ3n) is 8.16. The van der Waals surface area contributed by atoms with Gasteiger partial charge in [-0.1, -0.05) is 36.4 Å². The van der Waals surface area contributed by atoms with Crippen molar-refractivity contribution in [2.45, 2.75) is 68.7 Å². The number of nitrogens with one attached hydrogen (secondary N) is 1. The summed E-state index contributed by atoms with van der Waals surface area (Å²) in [6.07, 6.45) is -3.80. The van der Waals surface area contributed by atoms with E-state index >= 15 is 0 Å². The molecule has 0 saturated carbocycles. The molecule has 7 nitrogen and oxygen atoms in total. The van der Waals surface area contributed by atoms with Gasteiger partial charge in [0.25, 0.3) is 0 Å². The van der Waals surface area contributed by atoms with Gasteiger partial charge in [-0.3, -0.25) is 4.79 Å². The predicted molar refractivity (Wildman–Crippen MR) is 163 cm³/mol. The van der Waals surface area contributed by atoms with E-state index in [0.29, 0.717) is 21.9 Å². The number of carboxylic acid groups (broad SMARTS) is 1. The van der Waals surface area contributed by atoms with E-state index in [1.165, 1.54) is 23.3 Å². The molecule has 0 unspecified atom stereocenters. The number of benzene rings is 3. The maximum Gasteiger partial charge on any atom is 0.417 e. The van der Waals surface area contributed by atoms with Crippen molar-refractivity contribution >= 4 is 16.0 Å². The Kier molecular flexibility index (Phi) is 10.4. The minimum absolute atomic E-state index is 0.0229. The fraction of sp³-hybridized carbons (Fsp3) is 0.424. The molecule has 3 aromatic rings. The number of carboxylic acids is 1. The minimum Gasteiger partial charge on any atom is -0.481 e. The van der Waals surface area contributed by atoms with Crippen LogP contribution < -0.4 is 5.32 Å². The smallest absolute Gasteiger partial charge is 0.417 e. The standard InChI is InChI=1S/C33H38F4N2O5S/c1-32(2,18-22-14-23-6-4-5-7-24(23)15-22)38-19-26(40)20-39(3)45(43,44)30-12-10-25(17-28(30)33(35,36)37)27-16-21(8-11-29(27)34)9-13-31(41)42/h4-8,10-12,16-17,22,26,38,40H,9,13-15,18-20H2,1-3H3,(H,41,42)/t26-/m0/s1. The van der Waals surface area contributed by atoms with Gasteiger partial charge in [-0.15, -0.1) is 0 Å². The Labute approximate surface area is 260 Å². The van der Waals surface area contributed by atoms with Crippen LogP contribution in [-0.4, -0.2) is 60.7 Å². The van der Waals surface area contributed by atoms with E-state index in [-0.39, 0.29) is 36.1 Å². The number of aryl methyl sites for hydroxylation is 1. The van der Waals surface area contributed by atoms with Crippen LogP contribution in [-0.2, 0) is 40.3 Å². The Morgan fingerprint density at radius 3 is 2.29 bits per heavy atom. The summed E-state index contributed by atoms with van der Waals surface area (Å²) in [5.41, 5.74) is 0.759. The largest absolute Gasteiger partial charge is 0.481 e. The van der Waals surface area contributed by atoms with E-state index in [9.17, 15) is 35.9 Å². The van der Waals surface area contributed by atoms with Gasteiger partial charge in [-0.2, -0.15) is 17.5 Å². The van der Waals surface area contributed by atoms with Crippen LogP contribution >= 0.6 is 0 Å². The molecular formula is C33H38F4N2O5S. The van der Waals surface area contributed by atoms with Gasteiger partial charge >= 0.3 is 12.1 Å². The number of alkyl halides is 3. The lowest BCUT2D eigenvalue weighted by Gasteiger charge is -2.31. The van der Waals surface area contributed by atoms with E-state index in [1.54, 1.807) is 0 Å². The molecule has 0 heterocycles. The van der Waals surface area contributed by atoms with Gasteiger partial charge in [0.1, 0.15) is 5.82 Å². The first-order chi connectivity index (χ1) is 21.0. The molecule has 0 aromatic heterocycles. The summed E-state index contributed by atoms with van der Waals surface area (Å²) in [6, 6.07) is 14.3. The first-order valence-electron chi connectivity index (χ1n) is 14.6. The maximum absolute atomic E-state index is 14.7. The molecule has 0 bridgehead atoms. The van der Waals surface area contributed by atoms with Crippen LogP contribution in [0.5, 0.6) is 0 Å². The number of nitrogens with zero attached hydrogens (tertiary/aromatic N) is 1. The van der Waals surface area contributed by atoms with Crippen LogP contribution in [0.15, 0.2) is 65.6 Å². The molecule has 1 aliphatic rings. The zero-order valence-electron chi connectivity index (χ0n) is 25.4. The molecule has 244 valence electrons. The molecule has 1 aliphatic carbocycles. The monoisotopic (exact) mass is 650 g/mol. The van der Waals surface area contributed by atoms with Crippen molar-refractivity contribution < 1.29 is 41.0 Å². The maximum atomic E-state index is 14.7. The molecule has 12 heteroatoms. The summed E-state index contributed by atoms with van der Waals surface area (Å²) < 4.78 is 84.6. The quantitative estimate of drug-likeness (QED) is 0.206. The molecule has 0 amide bonds. The second-order valence-electron chi connectivity index (χ2n) is 12.4. The van der Waals surface area contributed by atoms with Crippen molar-refractivity contribution in [3.8, 4) is 11.1 Å². The minimum atomic E-state index is -5.10. The SMILES string of the molecule is CN(C[C@@H](O)CNC(C)(C)CC1Cc2ccccc2C1)S(=O)(=O)c1ccc(-c2cc(CCC(=O)O)ccc2F)cc1C(F)(F)F.